The van der Waals surface area contributed by atoms with Crippen LogP contribution in [-0.2, 0) is 101 Å². The van der Waals surface area contributed by atoms with Crippen molar-refractivity contribution in [3.8, 4) is 56.3 Å². The van der Waals surface area contributed by atoms with Gasteiger partial charge in [-0.05, 0) is 194 Å². The Labute approximate surface area is 823 Å². The van der Waals surface area contributed by atoms with E-state index in [1.54, 1.807) is 191 Å². The second-order valence-corrected chi connectivity index (χ2v) is 26.3. The summed E-state index contributed by atoms with van der Waals surface area (Å²) in [5.41, 5.74) is 45.1. The van der Waals surface area contributed by atoms with E-state index in [9.17, 15) is 67.9 Å². The maximum Gasteiger partial charge on any atom is 2.00 e. The van der Waals surface area contributed by atoms with Gasteiger partial charge in [-0.1, -0.05) is 108 Å². The number of carbonyl (C=O) groups is 5. The van der Waals surface area contributed by atoms with Gasteiger partial charge in [-0.3, -0.25) is 98.2 Å². The van der Waals surface area contributed by atoms with E-state index in [4.69, 9.17) is 35.2 Å². The van der Waals surface area contributed by atoms with Gasteiger partial charge in [-0.15, -0.1) is 66.2 Å². The zero-order valence-electron chi connectivity index (χ0n) is 71.0. The van der Waals surface area contributed by atoms with Gasteiger partial charge in [-0.25, -0.2) is 0 Å². The fourth-order valence-electron chi connectivity index (χ4n) is 10.6. The van der Waals surface area contributed by atoms with Crippen LogP contribution >= 0.6 is 0 Å². The van der Waals surface area contributed by atoms with Crippen molar-refractivity contribution in [3.63, 3.8) is 0 Å². The molecule has 0 unspecified atom stereocenters. The first-order valence-corrected chi connectivity index (χ1v) is 36.6. The molecular weight excluding hydrogens is 2620 g/mol. The number of pyridine rings is 5. The molecule has 5 amide bonds. The van der Waals surface area contributed by atoms with Gasteiger partial charge in [0.25, 0.3) is 0 Å². The molecular formula is C90H80F10Ir4N22O5Pt-8. The number of amides is 5. The monoisotopic (exact) mass is 2710 g/mol. The van der Waals surface area contributed by atoms with Gasteiger partial charge in [-0.2, -0.15) is 0 Å². The van der Waals surface area contributed by atoms with E-state index in [-0.39, 0.29) is 137 Å². The van der Waals surface area contributed by atoms with Crippen molar-refractivity contribution in [1.82, 2.24) is 73.8 Å². The summed E-state index contributed by atoms with van der Waals surface area (Å²) in [4.78, 5) is 76.8. The number of rotatable bonds is 6. The van der Waals surface area contributed by atoms with Crippen molar-refractivity contribution in [1.29, 1.82) is 0 Å². The first-order chi connectivity index (χ1) is 59.6. The molecule has 15 aromatic rings. The molecule has 10 heterocycles. The first-order valence-electron chi connectivity index (χ1n) is 36.6. The molecule has 5 aromatic carbocycles. The van der Waals surface area contributed by atoms with Crippen LogP contribution in [0, 0.1) is 171 Å². The number of nitrogens with one attached hydrogen (secondary N) is 5. The van der Waals surface area contributed by atoms with E-state index in [0.29, 0.717) is 56.9 Å². The summed E-state index contributed by atoms with van der Waals surface area (Å²) in [7, 11) is 3.76. The number of anilines is 1. The Morgan fingerprint density at radius 3 is 0.803 bits per heavy atom. The standard InChI is InChI=1S/C13H11F2N2.C12H5F2N2.C12H8F2N.2C11H6F2N.5C6H9N3O.CH4.4Ir.Pt/c1-17(2)10-5-6-16-13(8-10)11-4-3-9(14)7-12(11)15;1-15-12-9(13)6-5-8(11(12)14)10-4-2-3-7-16-10;1-8-4-5-15-12(6-8)10-3-2-9(13)7-11(10)14;2*12-8-4-5-9(10(13)7-8)11-3-1-2-6-14-11;5*1-4-3-5(2)9(8-4)6(7)10;;;;;;/h3,5-8H,1-2H3;2-4,6-7H;2,4-7H,1H3;2*1-4,6-7H;5*3H,1-2H3,(H2,7,10);1H4;;;;;/q5*-1;;;;;;;;;;;+2/p-5. The number of hydrogen-bond acceptors (Lipinski definition) is 16. The molecule has 10 aromatic heterocycles. The third-order valence-corrected chi connectivity index (χ3v) is 16.0. The average Bonchev–Trinajstić information content (AvgIpc) is 1.83. The van der Waals surface area contributed by atoms with Crippen molar-refractivity contribution in [2.75, 3.05) is 19.0 Å². The van der Waals surface area contributed by atoms with Crippen molar-refractivity contribution >= 4 is 41.5 Å². The summed E-state index contributed by atoms with van der Waals surface area (Å²) >= 11 is 0. The molecule has 0 bridgehead atoms. The molecule has 0 spiro atoms. The summed E-state index contributed by atoms with van der Waals surface area (Å²) in [6, 6.07) is 48.2. The van der Waals surface area contributed by atoms with E-state index in [0.717, 1.165) is 118 Å². The van der Waals surface area contributed by atoms with Crippen LogP contribution in [0.3, 0.4) is 0 Å². The fourth-order valence-corrected chi connectivity index (χ4v) is 10.6. The third kappa shape index (κ3) is 37.2. The first kappa shape index (κ1) is 119. The van der Waals surface area contributed by atoms with Crippen molar-refractivity contribution in [3.05, 3.63) is 386 Å². The maximum absolute atomic E-state index is 13.7. The summed E-state index contributed by atoms with van der Waals surface area (Å²) in [5.74, 6) is -6.99. The number of benzene rings is 5. The Morgan fingerprint density at radius 1 is 0.333 bits per heavy atom. The normalized spacial score (nSPS) is 9.56. The van der Waals surface area contributed by atoms with E-state index in [1.165, 1.54) is 6.20 Å². The number of aryl methyl sites for hydroxylation is 11. The number of hydrogen-bond donors (Lipinski definition) is 0. The van der Waals surface area contributed by atoms with Gasteiger partial charge in [0.05, 0.1) is 6.57 Å². The van der Waals surface area contributed by atoms with Crippen LogP contribution in [0.2, 0.25) is 0 Å². The zero-order valence-corrected chi connectivity index (χ0v) is 82.9. The van der Waals surface area contributed by atoms with Gasteiger partial charge in [0.1, 0.15) is 0 Å². The average molecular weight is 2700 g/mol. The quantitative estimate of drug-likeness (QED) is 0.110. The van der Waals surface area contributed by atoms with Crippen LogP contribution in [0.15, 0.2) is 195 Å². The van der Waals surface area contributed by atoms with Gasteiger partial charge >= 0.3 is 21.1 Å². The molecule has 0 fully saturated rings. The molecule has 0 atom stereocenters. The van der Waals surface area contributed by atoms with E-state index in [2.05, 4.69) is 85.6 Å². The molecule has 0 aliphatic carbocycles. The Kier molecular flexibility index (Phi) is 52.4. The Balaban J connectivity index is 0.00000145. The second-order valence-electron chi connectivity index (χ2n) is 26.3. The van der Waals surface area contributed by atoms with E-state index in [1.807, 2.05) is 38.1 Å². The van der Waals surface area contributed by atoms with Crippen LogP contribution in [0.4, 0.5) is 79.3 Å². The van der Waals surface area contributed by atoms with Crippen LogP contribution in [0.5, 0.6) is 0 Å². The van der Waals surface area contributed by atoms with Gasteiger partial charge in [0.15, 0.2) is 35.8 Å². The van der Waals surface area contributed by atoms with Gasteiger partial charge in [0, 0.05) is 218 Å². The Morgan fingerprint density at radius 2 is 0.583 bits per heavy atom. The molecule has 0 saturated heterocycles. The molecule has 0 aliphatic heterocycles. The molecule has 42 heteroatoms. The molecule has 5 N–H and O–H groups in total. The summed E-state index contributed by atoms with van der Waals surface area (Å²) < 4.78 is 136. The van der Waals surface area contributed by atoms with Crippen molar-refractivity contribution in [2.24, 2.45) is 0 Å². The molecule has 0 saturated carbocycles. The number of carbonyl (C=O) groups excluding carboxylic acids is 5. The summed E-state index contributed by atoms with van der Waals surface area (Å²) in [6.45, 7) is 26.2. The molecule has 132 heavy (non-hydrogen) atoms. The van der Waals surface area contributed by atoms with Gasteiger partial charge in [0.2, 0.25) is 0 Å². The van der Waals surface area contributed by atoms with Crippen molar-refractivity contribution in [2.45, 2.75) is 83.6 Å². The van der Waals surface area contributed by atoms with E-state index < -0.39 is 94.0 Å². The Bertz CT molecular complexity index is 5900. The molecule has 27 nitrogen and oxygen atoms in total. The van der Waals surface area contributed by atoms with Crippen LogP contribution in [0.1, 0.15) is 69.9 Å². The molecule has 4 radical (unpaired) electrons. The van der Waals surface area contributed by atoms with E-state index >= 15 is 0 Å². The maximum atomic E-state index is 13.7. The topological polar surface area (TPSA) is 365 Å². The van der Waals surface area contributed by atoms with Crippen LogP contribution in [-0.4, -0.2) is 118 Å². The molecule has 704 valence electrons. The predicted octanol–water partition coefficient (Wildman–Crippen LogP) is 23.3. The van der Waals surface area contributed by atoms with Gasteiger partial charge < -0.3 is 81.9 Å². The fraction of sp³-hybridized carbons (Fsp3) is 0.156. The second kappa shape index (κ2) is 58.0. The van der Waals surface area contributed by atoms with Crippen LogP contribution < -0.4 is 4.90 Å². The summed E-state index contributed by atoms with van der Waals surface area (Å²) in [5, 5.41) is 18.9. The third-order valence-electron chi connectivity index (χ3n) is 16.0. The number of aromatic nitrogens is 15. The predicted molar refractivity (Wildman–Crippen MR) is 458 cm³/mol. The molecule has 15 rings (SSSR count). The summed E-state index contributed by atoms with van der Waals surface area (Å²) in [6.07, 6.45) is 7.75. The SMILES string of the molecule is C.CN(C)c1ccnc(-c2[c-]cc(F)cc2F)c1.Cc1cc(C)n(C([NH-])=O)n1.Cc1cc(C)n(C([NH-])=O)n1.Cc1cc(C)n(C([NH-])=O)n1.Cc1cc(C)n(C([NH-])=O)n1.Cc1cc(C)n(C([NH-])=O)n1.Cc1ccnc(-c2[c-]cc(F)cc2F)c1.Fc1c[c-]c(-c2ccccn2)c(F)c1.Fc1c[c-]c(-c2ccccn2)c(F)c1.[C-]#[N+]c1c(F)c[c-]c(-c2ccccn2)c1F.[Ir].[Ir].[Ir].[Ir].[Pt+2]. The largest absolute Gasteiger partial charge is 2.00 e. The molecule has 0 aliphatic rings. The minimum atomic E-state index is -0.922. The minimum Gasteiger partial charge on any atom is -0.446 e. The van der Waals surface area contributed by atoms with Crippen molar-refractivity contribution < 1.29 is 169 Å². The number of nitrogens with zero attached hydrogens (tertiary/aromatic N) is 17. The Hall–Kier alpha value is -12.9. The smallest absolute Gasteiger partial charge is 0.446 e. The number of halogens is 10. The minimum absolute atomic E-state index is 0. The zero-order chi connectivity index (χ0) is 93.3. The van der Waals surface area contributed by atoms with Crippen LogP contribution in [0.25, 0.3) is 89.8 Å².